The van der Waals surface area contributed by atoms with Gasteiger partial charge in [-0.15, -0.1) is 0 Å². The average Bonchev–Trinajstić information content (AvgIpc) is 3.46. The molecular weight excluding hydrogens is 585 g/mol. The Morgan fingerprint density at radius 1 is 0.915 bits per heavy atom. The number of halogens is 1. The van der Waals surface area contributed by atoms with Crippen molar-refractivity contribution in [1.82, 2.24) is 15.0 Å². The van der Waals surface area contributed by atoms with Gasteiger partial charge in [0.1, 0.15) is 11.5 Å². The van der Waals surface area contributed by atoms with Crippen LogP contribution in [0.15, 0.2) is 102 Å². The zero-order valence-electron chi connectivity index (χ0n) is 26.3. The maximum atomic E-state index is 14.4. The summed E-state index contributed by atoms with van der Waals surface area (Å²) in [4.78, 5) is 31.3. The Labute approximate surface area is 272 Å². The van der Waals surface area contributed by atoms with Crippen LogP contribution >= 0.6 is 0 Å². The van der Waals surface area contributed by atoms with Gasteiger partial charge < -0.3 is 10.3 Å². The minimum absolute atomic E-state index is 0.135. The predicted molar refractivity (Wildman–Crippen MR) is 186 cm³/mol. The highest BCUT2D eigenvalue weighted by Gasteiger charge is 2.37. The molecule has 1 saturated carbocycles. The molecule has 1 aliphatic heterocycles. The van der Waals surface area contributed by atoms with E-state index in [1.54, 1.807) is 12.4 Å². The first-order valence-electron chi connectivity index (χ1n) is 16.2. The van der Waals surface area contributed by atoms with Crippen LogP contribution in [0, 0.1) is 18.7 Å². The van der Waals surface area contributed by atoms with E-state index in [9.17, 15) is 9.18 Å². The molecule has 6 aromatic rings. The molecule has 1 aliphatic carbocycles. The summed E-state index contributed by atoms with van der Waals surface area (Å²) in [5.41, 5.74) is 11.7. The third-order valence-corrected chi connectivity index (χ3v) is 9.61. The molecule has 0 bridgehead atoms. The van der Waals surface area contributed by atoms with E-state index in [4.69, 9.17) is 9.98 Å². The van der Waals surface area contributed by atoms with Crippen molar-refractivity contribution in [3.63, 3.8) is 0 Å². The fourth-order valence-corrected chi connectivity index (χ4v) is 7.03. The maximum absolute atomic E-state index is 14.4. The first-order valence-corrected chi connectivity index (χ1v) is 16.2. The van der Waals surface area contributed by atoms with E-state index in [-0.39, 0.29) is 11.7 Å². The zero-order chi connectivity index (χ0) is 32.1. The Hall–Kier alpha value is -5.43. The number of nitrogens with zero attached hydrogens (tertiary/aromatic N) is 3. The Balaban J connectivity index is 1.22. The number of aromatic amines is 1. The van der Waals surface area contributed by atoms with Gasteiger partial charge in [0, 0.05) is 35.1 Å². The summed E-state index contributed by atoms with van der Waals surface area (Å²) in [7, 11) is 0. The van der Waals surface area contributed by atoms with Crippen molar-refractivity contribution in [2.24, 2.45) is 10.9 Å². The lowest BCUT2D eigenvalue weighted by atomic mass is 9.69. The number of aromatic nitrogens is 3. The van der Waals surface area contributed by atoms with E-state index < -0.39 is 0 Å². The molecule has 1 fully saturated rings. The number of hydrogen-bond donors (Lipinski definition) is 2. The molecule has 7 heteroatoms. The van der Waals surface area contributed by atoms with E-state index in [0.717, 1.165) is 80.8 Å². The molecule has 3 heterocycles. The summed E-state index contributed by atoms with van der Waals surface area (Å²) in [6, 6.07) is 27.2. The van der Waals surface area contributed by atoms with Gasteiger partial charge in [-0.1, -0.05) is 49.4 Å². The number of imidazole rings is 1. The topological polar surface area (TPSA) is 83.0 Å². The van der Waals surface area contributed by atoms with Crippen LogP contribution in [0.4, 0.5) is 10.1 Å². The molecule has 6 nitrogen and oxygen atoms in total. The van der Waals surface area contributed by atoms with Crippen LogP contribution in [-0.4, -0.2) is 33.1 Å². The van der Waals surface area contributed by atoms with Gasteiger partial charge in [-0.05, 0) is 114 Å². The van der Waals surface area contributed by atoms with Crippen molar-refractivity contribution in [1.29, 1.82) is 0 Å². The second-order valence-electron chi connectivity index (χ2n) is 12.7. The lowest BCUT2D eigenvalue weighted by molar-refractivity contribution is 0.102. The Morgan fingerprint density at radius 3 is 2.57 bits per heavy atom. The Bertz CT molecular complexity index is 2180. The van der Waals surface area contributed by atoms with Crippen LogP contribution in [0.3, 0.4) is 0 Å². The molecule has 2 aromatic heterocycles. The van der Waals surface area contributed by atoms with Crippen molar-refractivity contribution in [2.45, 2.75) is 39.0 Å². The third-order valence-electron chi connectivity index (χ3n) is 9.61. The number of hydrogen-bond acceptors (Lipinski definition) is 4. The number of pyridine rings is 1. The van der Waals surface area contributed by atoms with Gasteiger partial charge in [0.2, 0.25) is 0 Å². The lowest BCUT2D eigenvalue weighted by Gasteiger charge is -2.35. The summed E-state index contributed by atoms with van der Waals surface area (Å²) < 4.78 is 14.4. The number of aliphatic imine (C=N–C) groups is 1. The minimum Gasteiger partial charge on any atom is -0.335 e. The largest absolute Gasteiger partial charge is 0.335 e. The first kappa shape index (κ1) is 29.0. The van der Waals surface area contributed by atoms with Gasteiger partial charge in [0.15, 0.2) is 5.82 Å². The SMILES string of the molecule is CCc1cc(NC(=O)c2ccccc2)cc(-c2ccc3c(c2)C(c2nc4c(-c5cc(C)cc(F)c5)cncc4[nH]2)=NCC2CCC32)c1. The van der Waals surface area contributed by atoms with Crippen molar-refractivity contribution >= 4 is 28.3 Å². The van der Waals surface area contributed by atoms with Crippen LogP contribution in [0.5, 0.6) is 0 Å². The number of benzene rings is 4. The third kappa shape index (κ3) is 5.42. The van der Waals surface area contributed by atoms with Crippen LogP contribution in [0.25, 0.3) is 33.3 Å². The Kier molecular flexibility index (Phi) is 7.24. The predicted octanol–water partition coefficient (Wildman–Crippen LogP) is 8.90. The molecule has 1 amide bonds. The molecule has 0 spiro atoms. The fourth-order valence-electron chi connectivity index (χ4n) is 7.03. The molecule has 0 radical (unpaired) electrons. The number of rotatable bonds is 6. The monoisotopic (exact) mass is 619 g/mol. The molecular formula is C40H34FN5O. The number of carbonyl (C=O) groups excluding carboxylic acids is 1. The molecule has 0 saturated heterocycles. The maximum Gasteiger partial charge on any atom is 0.255 e. The van der Waals surface area contributed by atoms with Crippen molar-refractivity contribution in [2.75, 3.05) is 11.9 Å². The molecule has 8 rings (SSSR count). The standard InChI is InChI=1S/C40H34FN5O/c1-3-24-15-28(18-31(16-24)44-40(47)25-7-5-4-6-8-25)26-9-12-33-32-11-10-27(32)20-43-38(34(33)19-26)39-45-36-22-42-21-35(37(36)46-39)29-13-23(2)14-30(41)17-29/h4-9,12-19,21-22,27,32H,3,10-11,20H2,1-2H3,(H,44,47)(H,45,46). The molecule has 2 atom stereocenters. The van der Waals surface area contributed by atoms with E-state index in [1.165, 1.54) is 24.1 Å². The molecule has 4 aromatic carbocycles. The number of carbonyl (C=O) groups is 1. The minimum atomic E-state index is -0.284. The lowest BCUT2D eigenvalue weighted by Crippen LogP contribution is -2.25. The average molecular weight is 620 g/mol. The molecule has 2 aliphatic rings. The first-order chi connectivity index (χ1) is 22.9. The fraction of sp³-hybridized carbons (Fsp3) is 0.200. The van der Waals surface area contributed by atoms with Gasteiger partial charge in [-0.2, -0.15) is 0 Å². The number of fused-ring (bicyclic) bond motifs is 4. The number of H-pyrrole nitrogens is 1. The van der Waals surface area contributed by atoms with Gasteiger partial charge in [0.25, 0.3) is 5.91 Å². The summed E-state index contributed by atoms with van der Waals surface area (Å²) in [5, 5.41) is 3.11. The number of nitrogens with one attached hydrogen (secondary N) is 2. The van der Waals surface area contributed by atoms with Crippen LogP contribution in [0.2, 0.25) is 0 Å². The smallest absolute Gasteiger partial charge is 0.255 e. The quantitative estimate of drug-likeness (QED) is 0.195. The van der Waals surface area contributed by atoms with E-state index >= 15 is 0 Å². The number of anilines is 1. The van der Waals surface area contributed by atoms with Crippen molar-refractivity contribution < 1.29 is 9.18 Å². The normalized spacial score (nSPS) is 16.9. The summed E-state index contributed by atoms with van der Waals surface area (Å²) >= 11 is 0. The van der Waals surface area contributed by atoms with E-state index in [1.807, 2.05) is 55.5 Å². The van der Waals surface area contributed by atoms with Gasteiger partial charge >= 0.3 is 0 Å². The van der Waals surface area contributed by atoms with E-state index in [2.05, 4.69) is 46.5 Å². The van der Waals surface area contributed by atoms with Crippen LogP contribution in [-0.2, 0) is 6.42 Å². The second kappa shape index (κ2) is 11.7. The summed E-state index contributed by atoms with van der Waals surface area (Å²) in [6.45, 7) is 4.75. The van der Waals surface area contributed by atoms with Crippen molar-refractivity contribution in [3.8, 4) is 22.3 Å². The highest BCUT2D eigenvalue weighted by molar-refractivity contribution is 6.14. The number of aryl methyl sites for hydroxylation is 2. The molecule has 232 valence electrons. The summed E-state index contributed by atoms with van der Waals surface area (Å²) in [5.74, 6) is 1.23. The second-order valence-corrected chi connectivity index (χ2v) is 12.7. The zero-order valence-corrected chi connectivity index (χ0v) is 26.3. The highest BCUT2D eigenvalue weighted by atomic mass is 19.1. The van der Waals surface area contributed by atoms with E-state index in [0.29, 0.717) is 23.2 Å². The van der Waals surface area contributed by atoms with Gasteiger partial charge in [0.05, 0.1) is 17.2 Å². The molecule has 47 heavy (non-hydrogen) atoms. The molecule has 2 N–H and O–H groups in total. The van der Waals surface area contributed by atoms with Crippen molar-refractivity contribution in [3.05, 3.63) is 137 Å². The highest BCUT2D eigenvalue weighted by Crippen LogP contribution is 2.47. The Morgan fingerprint density at radius 2 is 1.79 bits per heavy atom. The molecule has 2 unspecified atom stereocenters. The number of amides is 1. The van der Waals surface area contributed by atoms with Gasteiger partial charge in [-0.3, -0.25) is 14.8 Å². The van der Waals surface area contributed by atoms with Crippen LogP contribution < -0.4 is 5.32 Å². The van der Waals surface area contributed by atoms with Gasteiger partial charge in [-0.25, -0.2) is 9.37 Å². The summed E-state index contributed by atoms with van der Waals surface area (Å²) in [6.07, 6.45) is 6.66. The van der Waals surface area contributed by atoms with Crippen LogP contribution in [0.1, 0.15) is 64.1 Å².